The molecule has 0 aliphatic carbocycles. The van der Waals surface area contributed by atoms with Gasteiger partial charge in [0.2, 0.25) is 11.6 Å². The van der Waals surface area contributed by atoms with Crippen molar-refractivity contribution in [3.05, 3.63) is 23.8 Å². The molecule has 1 aliphatic rings. The van der Waals surface area contributed by atoms with Crippen molar-refractivity contribution in [3.8, 4) is 12.1 Å². The SMILES string of the molecule is CC1CCCCN1c1ccc(C(N)=O)cc1NN=C(C#N)C#N. The topological polar surface area (TPSA) is 118 Å². The molecule has 1 atom stereocenters. The quantitative estimate of drug-likeness (QED) is 0.651. The van der Waals surface area contributed by atoms with Crippen molar-refractivity contribution in [2.24, 2.45) is 10.8 Å². The van der Waals surface area contributed by atoms with Crippen LogP contribution in [0.4, 0.5) is 11.4 Å². The fourth-order valence-corrected chi connectivity index (χ4v) is 2.68. The van der Waals surface area contributed by atoms with Crippen LogP contribution in [0, 0.1) is 22.7 Å². The van der Waals surface area contributed by atoms with E-state index in [1.54, 1.807) is 24.3 Å². The van der Waals surface area contributed by atoms with E-state index in [2.05, 4.69) is 22.4 Å². The van der Waals surface area contributed by atoms with Gasteiger partial charge in [-0.15, -0.1) is 0 Å². The molecule has 0 saturated carbocycles. The molecule has 1 aromatic rings. The summed E-state index contributed by atoms with van der Waals surface area (Å²) in [6.45, 7) is 3.04. The Kier molecular flexibility index (Phi) is 5.16. The zero-order valence-electron chi connectivity index (χ0n) is 12.9. The highest BCUT2D eigenvalue weighted by atomic mass is 16.1. The number of nitriles is 2. The minimum Gasteiger partial charge on any atom is -0.367 e. The molecule has 1 fully saturated rings. The number of nitrogens with one attached hydrogen (secondary N) is 1. The molecule has 1 unspecified atom stereocenters. The van der Waals surface area contributed by atoms with Crippen molar-refractivity contribution in [2.45, 2.75) is 32.2 Å². The molecule has 2 rings (SSSR count). The van der Waals surface area contributed by atoms with Crippen LogP contribution in [-0.4, -0.2) is 24.2 Å². The molecule has 0 spiro atoms. The summed E-state index contributed by atoms with van der Waals surface area (Å²) in [6.07, 6.45) is 3.36. The summed E-state index contributed by atoms with van der Waals surface area (Å²) in [7, 11) is 0. The van der Waals surface area contributed by atoms with Gasteiger partial charge in [0.05, 0.1) is 11.4 Å². The second kappa shape index (κ2) is 7.28. The number of piperidine rings is 1. The third kappa shape index (κ3) is 3.78. The van der Waals surface area contributed by atoms with E-state index in [1.165, 1.54) is 6.42 Å². The molecule has 0 aromatic heterocycles. The zero-order chi connectivity index (χ0) is 16.8. The minimum atomic E-state index is -0.545. The van der Waals surface area contributed by atoms with Crippen LogP contribution >= 0.6 is 0 Å². The van der Waals surface area contributed by atoms with Crippen LogP contribution in [0.5, 0.6) is 0 Å². The third-order valence-electron chi connectivity index (χ3n) is 3.89. The number of carbonyl (C=O) groups is 1. The first-order valence-corrected chi connectivity index (χ1v) is 7.41. The Morgan fingerprint density at radius 1 is 1.39 bits per heavy atom. The highest BCUT2D eigenvalue weighted by molar-refractivity contribution is 6.10. The van der Waals surface area contributed by atoms with Gasteiger partial charge in [-0.3, -0.25) is 10.2 Å². The van der Waals surface area contributed by atoms with Crippen molar-refractivity contribution < 1.29 is 4.79 Å². The molecule has 7 heteroatoms. The number of rotatable bonds is 4. The Bertz CT molecular complexity index is 696. The highest BCUT2D eigenvalue weighted by Gasteiger charge is 2.21. The average molecular weight is 310 g/mol. The first-order valence-electron chi connectivity index (χ1n) is 7.41. The van der Waals surface area contributed by atoms with Gasteiger partial charge in [0.1, 0.15) is 12.1 Å². The first kappa shape index (κ1) is 16.3. The third-order valence-corrected chi connectivity index (χ3v) is 3.89. The standard InChI is InChI=1S/C16H18N6O/c1-11-4-2-3-7-22(11)15-6-5-12(16(19)23)8-14(15)21-20-13(9-17)10-18/h5-6,8,11,21H,2-4,7H2,1H3,(H2,19,23). The number of anilines is 2. The van der Waals surface area contributed by atoms with Gasteiger partial charge in [0.25, 0.3) is 0 Å². The Balaban J connectivity index is 2.41. The zero-order valence-corrected chi connectivity index (χ0v) is 12.9. The van der Waals surface area contributed by atoms with Crippen LogP contribution in [0.15, 0.2) is 23.3 Å². The lowest BCUT2D eigenvalue weighted by molar-refractivity contribution is 0.100. The van der Waals surface area contributed by atoms with E-state index in [4.69, 9.17) is 16.3 Å². The second-order valence-electron chi connectivity index (χ2n) is 5.43. The molecule has 1 aliphatic heterocycles. The smallest absolute Gasteiger partial charge is 0.248 e. The summed E-state index contributed by atoms with van der Waals surface area (Å²) in [4.78, 5) is 13.6. The largest absolute Gasteiger partial charge is 0.367 e. The Morgan fingerprint density at radius 3 is 2.74 bits per heavy atom. The Labute approximate surface area is 135 Å². The summed E-state index contributed by atoms with van der Waals surface area (Å²) in [5.41, 5.74) is 9.53. The van der Waals surface area contributed by atoms with E-state index in [0.717, 1.165) is 25.1 Å². The number of hydrogen-bond acceptors (Lipinski definition) is 6. The number of nitrogens with zero attached hydrogens (tertiary/aromatic N) is 4. The molecule has 1 amide bonds. The van der Waals surface area contributed by atoms with Crippen molar-refractivity contribution in [3.63, 3.8) is 0 Å². The summed E-state index contributed by atoms with van der Waals surface area (Å²) in [5.74, 6) is -0.545. The maximum absolute atomic E-state index is 11.4. The molecular formula is C16H18N6O. The summed E-state index contributed by atoms with van der Waals surface area (Å²) in [6, 6.07) is 8.82. The van der Waals surface area contributed by atoms with E-state index in [1.807, 2.05) is 6.07 Å². The highest BCUT2D eigenvalue weighted by Crippen LogP contribution is 2.32. The monoisotopic (exact) mass is 310 g/mol. The predicted octanol–water partition coefficient (Wildman–Crippen LogP) is 1.98. The number of hydrazone groups is 1. The lowest BCUT2D eigenvalue weighted by Gasteiger charge is -2.36. The van der Waals surface area contributed by atoms with Gasteiger partial charge in [-0.1, -0.05) is 0 Å². The van der Waals surface area contributed by atoms with Gasteiger partial charge in [-0.05, 0) is 44.4 Å². The molecule has 1 heterocycles. The number of benzene rings is 1. The van der Waals surface area contributed by atoms with Gasteiger partial charge >= 0.3 is 0 Å². The fraction of sp³-hybridized carbons (Fsp3) is 0.375. The summed E-state index contributed by atoms with van der Waals surface area (Å²) < 4.78 is 0. The van der Waals surface area contributed by atoms with Crippen molar-refractivity contribution >= 4 is 23.0 Å². The van der Waals surface area contributed by atoms with E-state index < -0.39 is 5.91 Å². The van der Waals surface area contributed by atoms with Crippen LogP contribution in [-0.2, 0) is 0 Å². The molecule has 23 heavy (non-hydrogen) atoms. The lowest BCUT2D eigenvalue weighted by atomic mass is 10.0. The van der Waals surface area contributed by atoms with E-state index in [-0.39, 0.29) is 5.71 Å². The molecule has 7 nitrogen and oxygen atoms in total. The maximum Gasteiger partial charge on any atom is 0.248 e. The lowest BCUT2D eigenvalue weighted by Crippen LogP contribution is -2.37. The predicted molar refractivity (Wildman–Crippen MR) is 87.9 cm³/mol. The fourth-order valence-electron chi connectivity index (χ4n) is 2.68. The second-order valence-corrected chi connectivity index (χ2v) is 5.43. The summed E-state index contributed by atoms with van der Waals surface area (Å²) in [5, 5.41) is 21.3. The van der Waals surface area contributed by atoms with Crippen LogP contribution in [0.3, 0.4) is 0 Å². The summed E-state index contributed by atoms with van der Waals surface area (Å²) >= 11 is 0. The van der Waals surface area contributed by atoms with Gasteiger partial charge in [-0.25, -0.2) is 0 Å². The molecule has 0 bridgehead atoms. The minimum absolute atomic E-state index is 0.285. The molecule has 1 saturated heterocycles. The number of hydrogen-bond donors (Lipinski definition) is 2. The van der Waals surface area contributed by atoms with Gasteiger partial charge in [0, 0.05) is 18.2 Å². The van der Waals surface area contributed by atoms with Crippen LogP contribution < -0.4 is 16.1 Å². The molecule has 1 aromatic carbocycles. The van der Waals surface area contributed by atoms with Crippen molar-refractivity contribution in [1.29, 1.82) is 10.5 Å². The Morgan fingerprint density at radius 2 is 2.13 bits per heavy atom. The van der Waals surface area contributed by atoms with Gasteiger partial charge < -0.3 is 10.6 Å². The number of primary amides is 1. The van der Waals surface area contributed by atoms with Crippen LogP contribution in [0.2, 0.25) is 0 Å². The Hall–Kier alpha value is -3.06. The number of carbonyl (C=O) groups excluding carboxylic acids is 1. The van der Waals surface area contributed by atoms with Crippen LogP contribution in [0.25, 0.3) is 0 Å². The normalized spacial score (nSPS) is 16.8. The van der Waals surface area contributed by atoms with Crippen molar-refractivity contribution in [1.82, 2.24) is 0 Å². The number of amides is 1. The van der Waals surface area contributed by atoms with Crippen LogP contribution in [0.1, 0.15) is 36.5 Å². The van der Waals surface area contributed by atoms with E-state index in [9.17, 15) is 4.79 Å². The number of nitrogens with two attached hydrogens (primary N) is 1. The molecule has 118 valence electrons. The average Bonchev–Trinajstić information content (AvgIpc) is 2.56. The van der Waals surface area contributed by atoms with E-state index >= 15 is 0 Å². The molecule has 0 radical (unpaired) electrons. The van der Waals surface area contributed by atoms with Gasteiger partial charge in [-0.2, -0.15) is 15.6 Å². The van der Waals surface area contributed by atoms with E-state index in [0.29, 0.717) is 17.3 Å². The first-order chi connectivity index (χ1) is 11.1. The molecular weight excluding hydrogens is 292 g/mol. The molecule has 3 N–H and O–H groups in total. The van der Waals surface area contributed by atoms with Crippen molar-refractivity contribution in [2.75, 3.05) is 16.9 Å². The maximum atomic E-state index is 11.4. The van der Waals surface area contributed by atoms with Gasteiger partial charge in [0.15, 0.2) is 0 Å².